The van der Waals surface area contributed by atoms with Crippen LogP contribution in [0.2, 0.25) is 5.02 Å². The van der Waals surface area contributed by atoms with E-state index in [2.05, 4.69) is 10.3 Å². The minimum Gasteiger partial charge on any atom is -0.379 e. The van der Waals surface area contributed by atoms with Crippen molar-refractivity contribution in [3.8, 4) is 0 Å². The van der Waals surface area contributed by atoms with E-state index in [1.807, 2.05) is 13.8 Å². The monoisotopic (exact) mass is 452 g/mol. The van der Waals surface area contributed by atoms with E-state index in [9.17, 15) is 16.8 Å². The Morgan fingerprint density at radius 2 is 1.81 bits per heavy atom. The number of thiazole rings is 1. The van der Waals surface area contributed by atoms with Crippen molar-refractivity contribution in [2.75, 3.05) is 24.7 Å². The van der Waals surface area contributed by atoms with Gasteiger partial charge in [0.25, 0.3) is 0 Å². The Morgan fingerprint density at radius 3 is 2.37 bits per heavy atom. The molecule has 7 nitrogen and oxygen atoms in total. The van der Waals surface area contributed by atoms with Crippen LogP contribution in [0.15, 0.2) is 38.5 Å². The van der Waals surface area contributed by atoms with Crippen LogP contribution in [0.3, 0.4) is 0 Å². The molecule has 0 unspecified atom stereocenters. The minimum absolute atomic E-state index is 0.0107. The Labute approximate surface area is 168 Å². The van der Waals surface area contributed by atoms with Crippen LogP contribution in [0.25, 0.3) is 0 Å². The van der Waals surface area contributed by atoms with Crippen molar-refractivity contribution in [3.63, 3.8) is 0 Å². The van der Waals surface area contributed by atoms with Crippen LogP contribution >= 0.6 is 22.9 Å². The maximum atomic E-state index is 12.9. The molecule has 0 atom stereocenters. The average molecular weight is 453 g/mol. The number of aromatic nitrogens is 1. The van der Waals surface area contributed by atoms with E-state index < -0.39 is 19.7 Å². The first-order valence-corrected chi connectivity index (χ1v) is 12.7. The van der Waals surface area contributed by atoms with E-state index in [1.165, 1.54) is 24.3 Å². The highest BCUT2D eigenvalue weighted by atomic mass is 35.5. The van der Waals surface area contributed by atoms with Crippen LogP contribution in [0.4, 0.5) is 5.00 Å². The second kappa shape index (κ2) is 8.87. The van der Waals surface area contributed by atoms with Gasteiger partial charge >= 0.3 is 0 Å². The second-order valence-electron chi connectivity index (χ2n) is 6.04. The summed E-state index contributed by atoms with van der Waals surface area (Å²) in [6.07, 6.45) is 1.72. The molecule has 1 N–H and O–H groups in total. The predicted octanol–water partition coefficient (Wildman–Crippen LogP) is 3.26. The maximum absolute atomic E-state index is 12.9. The molecule has 0 aliphatic carbocycles. The fraction of sp³-hybridized carbons (Fsp3) is 0.438. The predicted molar refractivity (Wildman–Crippen MR) is 106 cm³/mol. The van der Waals surface area contributed by atoms with Crippen LogP contribution in [0.1, 0.15) is 20.3 Å². The van der Waals surface area contributed by atoms with Crippen molar-refractivity contribution in [3.05, 3.63) is 29.3 Å². The van der Waals surface area contributed by atoms with Gasteiger partial charge in [-0.15, -0.1) is 0 Å². The van der Waals surface area contributed by atoms with Crippen molar-refractivity contribution in [1.29, 1.82) is 0 Å². The molecule has 27 heavy (non-hydrogen) atoms. The Balaban J connectivity index is 2.33. The number of nitrogens with one attached hydrogen (secondary N) is 1. The third-order valence-corrected chi connectivity index (χ3v) is 8.10. The van der Waals surface area contributed by atoms with Gasteiger partial charge in [-0.1, -0.05) is 22.9 Å². The summed E-state index contributed by atoms with van der Waals surface area (Å²) in [5, 5.41) is 3.25. The first kappa shape index (κ1) is 22.1. The zero-order valence-electron chi connectivity index (χ0n) is 15.1. The van der Waals surface area contributed by atoms with Gasteiger partial charge in [0.1, 0.15) is 5.00 Å². The van der Waals surface area contributed by atoms with Gasteiger partial charge < -0.3 is 10.1 Å². The van der Waals surface area contributed by atoms with E-state index in [0.717, 1.165) is 17.6 Å². The molecule has 1 aromatic carbocycles. The average Bonchev–Trinajstić information content (AvgIpc) is 3.00. The van der Waals surface area contributed by atoms with Gasteiger partial charge in [0.2, 0.25) is 24.0 Å². The van der Waals surface area contributed by atoms with Gasteiger partial charge in [-0.05, 0) is 44.5 Å². The summed E-state index contributed by atoms with van der Waals surface area (Å²) in [6.45, 7) is 4.76. The molecular formula is C16H21ClN2O5S3. The van der Waals surface area contributed by atoms with Gasteiger partial charge in [0.15, 0.2) is 5.03 Å². The van der Waals surface area contributed by atoms with E-state index in [0.29, 0.717) is 24.6 Å². The molecule has 0 radical (unpaired) electrons. The van der Waals surface area contributed by atoms with Crippen molar-refractivity contribution in [1.82, 2.24) is 4.98 Å². The van der Waals surface area contributed by atoms with E-state index in [1.54, 1.807) is 0 Å². The molecule has 2 aromatic rings. The molecule has 0 amide bonds. The smallest absolute Gasteiger partial charge is 0.226 e. The highest BCUT2D eigenvalue weighted by Gasteiger charge is 2.29. The first-order valence-electron chi connectivity index (χ1n) is 8.09. The van der Waals surface area contributed by atoms with Gasteiger partial charge in [0.05, 0.1) is 11.0 Å². The van der Waals surface area contributed by atoms with E-state index >= 15 is 0 Å². The molecule has 11 heteroatoms. The van der Waals surface area contributed by atoms with Crippen LogP contribution in [-0.4, -0.2) is 47.3 Å². The second-order valence-corrected chi connectivity index (χ2v) is 11.5. The van der Waals surface area contributed by atoms with Crippen LogP contribution in [0, 0.1) is 0 Å². The lowest BCUT2D eigenvalue weighted by Gasteiger charge is -2.09. The number of sulfone groups is 2. The summed E-state index contributed by atoms with van der Waals surface area (Å²) >= 11 is 6.61. The molecule has 0 aliphatic heterocycles. The Morgan fingerprint density at radius 1 is 1.19 bits per heavy atom. The lowest BCUT2D eigenvalue weighted by atomic mass is 10.4. The molecule has 0 spiro atoms. The normalized spacial score (nSPS) is 12.5. The Hall–Kier alpha value is -1.20. The summed E-state index contributed by atoms with van der Waals surface area (Å²) < 4.78 is 54.7. The molecule has 0 fully saturated rings. The van der Waals surface area contributed by atoms with E-state index in [-0.39, 0.29) is 25.4 Å². The third kappa shape index (κ3) is 5.89. The fourth-order valence-electron chi connectivity index (χ4n) is 2.06. The lowest BCUT2D eigenvalue weighted by Crippen LogP contribution is -2.11. The van der Waals surface area contributed by atoms with E-state index in [4.69, 9.17) is 16.3 Å². The zero-order valence-corrected chi connectivity index (χ0v) is 18.3. The molecule has 0 bridgehead atoms. The molecule has 0 saturated carbocycles. The summed E-state index contributed by atoms with van der Waals surface area (Å²) in [7, 11) is -7.64. The number of nitrogens with zero attached hydrogens (tertiary/aromatic N) is 1. The standard InChI is InChI=1S/C16H21ClN2O5S3/c1-11(2)24-10-4-9-18-14-15(19-16(25-14)26(3,20)21)27(22,23)13-7-5-12(17)6-8-13/h5-8,11,18H,4,9-10H2,1-3H3. The Kier molecular flexibility index (Phi) is 7.26. The molecule has 2 rings (SSSR count). The SMILES string of the molecule is CC(C)OCCCNc1sc(S(C)(=O)=O)nc1S(=O)(=O)c1ccc(Cl)cc1. The van der Waals surface area contributed by atoms with Crippen molar-refractivity contribution in [2.24, 2.45) is 0 Å². The maximum Gasteiger partial charge on any atom is 0.226 e. The quantitative estimate of drug-likeness (QED) is 0.582. The van der Waals surface area contributed by atoms with Crippen molar-refractivity contribution in [2.45, 2.75) is 40.6 Å². The van der Waals surface area contributed by atoms with Gasteiger partial charge in [-0.2, -0.15) is 0 Å². The van der Waals surface area contributed by atoms with Crippen LogP contribution in [-0.2, 0) is 24.4 Å². The highest BCUT2D eigenvalue weighted by Crippen LogP contribution is 2.34. The zero-order chi connectivity index (χ0) is 20.2. The number of rotatable bonds is 9. The number of halogens is 1. The molecule has 150 valence electrons. The van der Waals surface area contributed by atoms with Crippen LogP contribution < -0.4 is 5.32 Å². The van der Waals surface area contributed by atoms with Crippen molar-refractivity contribution < 1.29 is 21.6 Å². The number of ether oxygens (including phenoxy) is 1. The number of benzene rings is 1. The van der Waals surface area contributed by atoms with Crippen molar-refractivity contribution >= 4 is 47.6 Å². The Bertz CT molecular complexity index is 984. The summed E-state index contributed by atoms with van der Waals surface area (Å²) in [6, 6.07) is 5.62. The molecule has 1 aromatic heterocycles. The minimum atomic E-state index is -4.00. The molecule has 1 heterocycles. The number of hydrogen-bond acceptors (Lipinski definition) is 8. The molecule has 0 aliphatic rings. The largest absolute Gasteiger partial charge is 0.379 e. The first-order chi connectivity index (χ1) is 12.5. The topological polar surface area (TPSA) is 102 Å². The van der Waals surface area contributed by atoms with Gasteiger partial charge in [-0.3, -0.25) is 0 Å². The van der Waals surface area contributed by atoms with Gasteiger partial charge in [-0.25, -0.2) is 21.8 Å². The van der Waals surface area contributed by atoms with Crippen LogP contribution in [0.5, 0.6) is 0 Å². The van der Waals surface area contributed by atoms with Gasteiger partial charge in [0, 0.05) is 24.4 Å². The highest BCUT2D eigenvalue weighted by molar-refractivity contribution is 7.93. The number of hydrogen-bond donors (Lipinski definition) is 1. The fourth-order valence-corrected chi connectivity index (χ4v) is 5.73. The summed E-state index contributed by atoms with van der Waals surface area (Å²) in [5.41, 5.74) is 0. The molecule has 0 saturated heterocycles. The summed E-state index contributed by atoms with van der Waals surface area (Å²) in [4.78, 5) is 3.88. The molecular weight excluding hydrogens is 432 g/mol. The summed E-state index contributed by atoms with van der Waals surface area (Å²) in [5.74, 6) is 0. The third-order valence-electron chi connectivity index (χ3n) is 3.33. The lowest BCUT2D eigenvalue weighted by molar-refractivity contribution is 0.0787. The number of anilines is 1.